The number of rotatable bonds is 4. The average molecular weight is 291 g/mol. The zero-order valence-corrected chi connectivity index (χ0v) is 13.0. The van der Waals surface area contributed by atoms with Gasteiger partial charge in [-0.25, -0.2) is 0 Å². The molecule has 0 aromatic carbocycles. The molecule has 1 nitrogen and oxygen atoms in total. The second kappa shape index (κ2) is 6.21. The average Bonchev–Trinajstić information content (AvgIpc) is 3.07. The number of thiophene rings is 2. The lowest BCUT2D eigenvalue weighted by Gasteiger charge is -2.27. The van der Waals surface area contributed by atoms with Crippen LogP contribution in [-0.4, -0.2) is 6.04 Å². The van der Waals surface area contributed by atoms with Crippen molar-refractivity contribution in [3.63, 3.8) is 0 Å². The molecule has 2 aromatic rings. The van der Waals surface area contributed by atoms with Crippen molar-refractivity contribution in [3.05, 3.63) is 33.8 Å². The molecule has 2 atom stereocenters. The molecule has 0 amide bonds. The van der Waals surface area contributed by atoms with Crippen molar-refractivity contribution in [1.82, 2.24) is 5.32 Å². The van der Waals surface area contributed by atoms with E-state index in [1.165, 1.54) is 41.0 Å². The lowest BCUT2D eigenvalue weighted by atomic mass is 9.87. The van der Waals surface area contributed by atoms with Crippen LogP contribution < -0.4 is 5.32 Å². The van der Waals surface area contributed by atoms with Gasteiger partial charge in [0.05, 0.1) is 0 Å². The molecule has 2 heterocycles. The lowest BCUT2D eigenvalue weighted by Crippen LogP contribution is -2.32. The first-order valence-electron chi connectivity index (χ1n) is 7.16. The van der Waals surface area contributed by atoms with Gasteiger partial charge in [-0.15, -0.1) is 22.7 Å². The van der Waals surface area contributed by atoms with E-state index in [1.54, 1.807) is 0 Å². The highest BCUT2D eigenvalue weighted by Gasteiger charge is 2.18. The maximum atomic E-state index is 3.74. The molecule has 3 heteroatoms. The van der Waals surface area contributed by atoms with E-state index >= 15 is 0 Å². The van der Waals surface area contributed by atoms with Crippen molar-refractivity contribution >= 4 is 22.7 Å². The summed E-state index contributed by atoms with van der Waals surface area (Å²) in [6.07, 6.45) is 5.51. The van der Waals surface area contributed by atoms with E-state index < -0.39 is 0 Å². The minimum atomic E-state index is 0.732. The molecule has 0 aliphatic heterocycles. The first kappa shape index (κ1) is 13.3. The fourth-order valence-corrected chi connectivity index (χ4v) is 4.53. The predicted octanol–water partition coefficient (Wildman–Crippen LogP) is 5.14. The lowest BCUT2D eigenvalue weighted by molar-refractivity contribution is 0.301. The molecule has 3 rings (SSSR count). The topological polar surface area (TPSA) is 12.0 Å². The van der Waals surface area contributed by atoms with E-state index in [9.17, 15) is 0 Å². The Morgan fingerprint density at radius 3 is 3.05 bits per heavy atom. The summed E-state index contributed by atoms with van der Waals surface area (Å²) in [6, 6.07) is 7.40. The zero-order chi connectivity index (χ0) is 13.1. The van der Waals surface area contributed by atoms with Gasteiger partial charge < -0.3 is 5.32 Å². The van der Waals surface area contributed by atoms with Crippen molar-refractivity contribution < 1.29 is 0 Å². The van der Waals surface area contributed by atoms with Gasteiger partial charge in [0.25, 0.3) is 0 Å². The maximum Gasteiger partial charge on any atom is 0.0351 e. The third-order valence-electron chi connectivity index (χ3n) is 3.96. The predicted molar refractivity (Wildman–Crippen MR) is 85.9 cm³/mol. The van der Waals surface area contributed by atoms with Crippen LogP contribution in [0, 0.1) is 5.92 Å². The van der Waals surface area contributed by atoms with Gasteiger partial charge in [0.15, 0.2) is 0 Å². The smallest absolute Gasteiger partial charge is 0.0351 e. The summed E-state index contributed by atoms with van der Waals surface area (Å²) >= 11 is 3.70. The molecule has 1 saturated carbocycles. The summed E-state index contributed by atoms with van der Waals surface area (Å²) in [4.78, 5) is 2.84. The van der Waals surface area contributed by atoms with Crippen LogP contribution in [0.5, 0.6) is 0 Å². The quantitative estimate of drug-likeness (QED) is 0.822. The molecule has 0 radical (unpaired) electrons. The Hall–Kier alpha value is -0.640. The number of hydrogen-bond acceptors (Lipinski definition) is 3. The third kappa shape index (κ3) is 3.47. The maximum absolute atomic E-state index is 3.74. The van der Waals surface area contributed by atoms with Crippen LogP contribution in [0.2, 0.25) is 0 Å². The third-order valence-corrected chi connectivity index (χ3v) is 5.82. The molecule has 1 fully saturated rings. The molecular formula is C16H21NS2. The van der Waals surface area contributed by atoms with Crippen LogP contribution in [0.25, 0.3) is 10.4 Å². The van der Waals surface area contributed by atoms with Gasteiger partial charge >= 0.3 is 0 Å². The molecule has 19 heavy (non-hydrogen) atoms. The van der Waals surface area contributed by atoms with Crippen molar-refractivity contribution in [2.75, 3.05) is 0 Å². The minimum absolute atomic E-state index is 0.732. The molecule has 0 spiro atoms. The Labute approximate surface area is 123 Å². The Bertz CT molecular complexity index is 501. The number of hydrogen-bond donors (Lipinski definition) is 1. The molecule has 1 aliphatic rings. The summed E-state index contributed by atoms with van der Waals surface area (Å²) in [6.45, 7) is 3.42. The van der Waals surface area contributed by atoms with Gasteiger partial charge in [-0.05, 0) is 41.7 Å². The normalized spacial score (nSPS) is 23.6. The van der Waals surface area contributed by atoms with E-state index in [2.05, 4.69) is 41.2 Å². The molecular weight excluding hydrogens is 270 g/mol. The van der Waals surface area contributed by atoms with E-state index in [0.29, 0.717) is 0 Å². The molecule has 2 aromatic heterocycles. The largest absolute Gasteiger partial charge is 0.309 e. The Balaban J connectivity index is 1.56. The summed E-state index contributed by atoms with van der Waals surface area (Å²) in [5.74, 6) is 0.899. The molecule has 2 unspecified atom stereocenters. The first-order chi connectivity index (χ1) is 9.31. The summed E-state index contributed by atoms with van der Waals surface area (Å²) < 4.78 is 0. The second-order valence-corrected chi connectivity index (χ2v) is 7.57. The fraction of sp³-hybridized carbons (Fsp3) is 0.500. The van der Waals surface area contributed by atoms with Crippen LogP contribution in [0.1, 0.15) is 37.5 Å². The van der Waals surface area contributed by atoms with Crippen LogP contribution in [0.3, 0.4) is 0 Å². The Kier molecular flexibility index (Phi) is 4.36. The minimum Gasteiger partial charge on any atom is -0.309 e. The standard InChI is InChI=1S/C16H21NS2/c1-12-4-2-5-14(8-12)17-10-15-9-13(11-19-15)16-6-3-7-18-16/h3,6-7,9,11-12,14,17H,2,4-5,8,10H2,1H3. The van der Waals surface area contributed by atoms with Gasteiger partial charge in [-0.1, -0.05) is 25.8 Å². The van der Waals surface area contributed by atoms with Crippen LogP contribution in [0.15, 0.2) is 29.0 Å². The number of nitrogens with one attached hydrogen (secondary N) is 1. The van der Waals surface area contributed by atoms with Crippen LogP contribution in [0.4, 0.5) is 0 Å². The highest BCUT2D eigenvalue weighted by molar-refractivity contribution is 7.14. The van der Waals surface area contributed by atoms with Gasteiger partial charge in [-0.3, -0.25) is 0 Å². The fourth-order valence-electron chi connectivity index (χ4n) is 2.91. The SMILES string of the molecule is CC1CCCC(NCc2cc(-c3cccs3)cs2)C1. The van der Waals surface area contributed by atoms with Crippen molar-refractivity contribution in [2.24, 2.45) is 5.92 Å². The van der Waals surface area contributed by atoms with Gasteiger partial charge in [0, 0.05) is 27.9 Å². The molecule has 1 aliphatic carbocycles. The van der Waals surface area contributed by atoms with Gasteiger partial charge in [0.2, 0.25) is 0 Å². The van der Waals surface area contributed by atoms with E-state index in [-0.39, 0.29) is 0 Å². The Morgan fingerprint density at radius 2 is 2.26 bits per heavy atom. The second-order valence-electron chi connectivity index (χ2n) is 5.63. The van der Waals surface area contributed by atoms with E-state index in [1.807, 2.05) is 22.7 Å². The summed E-state index contributed by atoms with van der Waals surface area (Å²) in [7, 11) is 0. The zero-order valence-electron chi connectivity index (χ0n) is 11.4. The van der Waals surface area contributed by atoms with E-state index in [4.69, 9.17) is 0 Å². The van der Waals surface area contributed by atoms with Crippen molar-refractivity contribution in [2.45, 2.75) is 45.2 Å². The Morgan fingerprint density at radius 1 is 1.32 bits per heavy atom. The first-order valence-corrected chi connectivity index (χ1v) is 8.92. The van der Waals surface area contributed by atoms with Gasteiger partial charge in [-0.2, -0.15) is 0 Å². The van der Waals surface area contributed by atoms with Crippen molar-refractivity contribution in [1.29, 1.82) is 0 Å². The van der Waals surface area contributed by atoms with Crippen LogP contribution in [-0.2, 0) is 6.54 Å². The van der Waals surface area contributed by atoms with Crippen LogP contribution >= 0.6 is 22.7 Å². The van der Waals surface area contributed by atoms with Crippen molar-refractivity contribution in [3.8, 4) is 10.4 Å². The summed E-state index contributed by atoms with van der Waals surface area (Å²) in [5, 5.41) is 8.17. The molecule has 102 valence electrons. The van der Waals surface area contributed by atoms with E-state index in [0.717, 1.165) is 18.5 Å². The molecule has 1 N–H and O–H groups in total. The summed E-state index contributed by atoms with van der Waals surface area (Å²) in [5.41, 5.74) is 1.38. The van der Waals surface area contributed by atoms with Gasteiger partial charge in [0.1, 0.15) is 0 Å². The highest BCUT2D eigenvalue weighted by atomic mass is 32.1. The monoisotopic (exact) mass is 291 g/mol. The molecule has 0 bridgehead atoms. The highest BCUT2D eigenvalue weighted by Crippen LogP contribution is 2.29. The molecule has 0 saturated heterocycles.